The highest BCUT2D eigenvalue weighted by atomic mass is 35.5. The lowest BCUT2D eigenvalue weighted by atomic mass is 10.1. The van der Waals surface area contributed by atoms with Crippen LogP contribution in [0.5, 0.6) is 0 Å². The van der Waals surface area contributed by atoms with E-state index in [9.17, 15) is 9.59 Å². The summed E-state index contributed by atoms with van der Waals surface area (Å²) in [4.78, 5) is 24.8. The number of anilines is 1. The zero-order chi connectivity index (χ0) is 18.7. The number of benzene rings is 2. The van der Waals surface area contributed by atoms with Crippen molar-refractivity contribution in [2.24, 2.45) is 0 Å². The van der Waals surface area contributed by atoms with Crippen molar-refractivity contribution >= 4 is 23.2 Å². The fourth-order valence-corrected chi connectivity index (χ4v) is 2.90. The summed E-state index contributed by atoms with van der Waals surface area (Å²) in [5.74, 6) is -0.243. The van der Waals surface area contributed by atoms with Crippen LogP contribution in [-0.4, -0.2) is 10.5 Å². The molecule has 1 aromatic heterocycles. The van der Waals surface area contributed by atoms with Gasteiger partial charge in [0.25, 0.3) is 11.5 Å². The van der Waals surface area contributed by atoms with Gasteiger partial charge in [-0.1, -0.05) is 41.9 Å². The first-order valence-electron chi connectivity index (χ1n) is 8.26. The summed E-state index contributed by atoms with van der Waals surface area (Å²) in [5, 5.41) is 3.58. The minimum absolute atomic E-state index is 0.163. The molecule has 0 aliphatic heterocycles. The molecular formula is C21H19ClN2O2. The van der Waals surface area contributed by atoms with Gasteiger partial charge in [0.05, 0.1) is 12.1 Å². The number of para-hydroxylation sites is 1. The normalized spacial score (nSPS) is 10.6. The van der Waals surface area contributed by atoms with Gasteiger partial charge in [0, 0.05) is 23.0 Å². The Morgan fingerprint density at radius 3 is 2.31 bits per heavy atom. The lowest BCUT2D eigenvalue weighted by molar-refractivity contribution is 0.102. The van der Waals surface area contributed by atoms with E-state index in [0.717, 1.165) is 22.4 Å². The van der Waals surface area contributed by atoms with Gasteiger partial charge in [-0.3, -0.25) is 9.59 Å². The number of carbonyl (C=O) groups is 1. The molecule has 0 saturated carbocycles. The Kier molecular flexibility index (Phi) is 5.24. The number of aromatic nitrogens is 1. The van der Waals surface area contributed by atoms with E-state index in [-0.39, 0.29) is 11.5 Å². The van der Waals surface area contributed by atoms with Gasteiger partial charge in [0.1, 0.15) is 0 Å². The average Bonchev–Trinajstić information content (AvgIpc) is 2.62. The van der Waals surface area contributed by atoms with Gasteiger partial charge in [-0.15, -0.1) is 0 Å². The minimum Gasteiger partial charge on any atom is -0.321 e. The number of halogens is 1. The van der Waals surface area contributed by atoms with E-state index in [1.54, 1.807) is 24.4 Å². The van der Waals surface area contributed by atoms with Gasteiger partial charge in [0.2, 0.25) is 0 Å². The maximum absolute atomic E-state index is 12.6. The van der Waals surface area contributed by atoms with E-state index in [1.165, 1.54) is 10.6 Å². The number of hydrogen-bond acceptors (Lipinski definition) is 2. The number of rotatable bonds is 4. The summed E-state index contributed by atoms with van der Waals surface area (Å²) < 4.78 is 1.52. The third-order valence-electron chi connectivity index (χ3n) is 4.23. The second-order valence-corrected chi connectivity index (χ2v) is 6.67. The van der Waals surface area contributed by atoms with E-state index >= 15 is 0 Å². The summed E-state index contributed by atoms with van der Waals surface area (Å²) in [5.41, 5.74) is 3.99. The zero-order valence-electron chi connectivity index (χ0n) is 14.6. The topological polar surface area (TPSA) is 51.1 Å². The van der Waals surface area contributed by atoms with Gasteiger partial charge < -0.3 is 9.88 Å². The molecule has 1 heterocycles. The first-order valence-corrected chi connectivity index (χ1v) is 8.64. The van der Waals surface area contributed by atoms with Gasteiger partial charge in [-0.2, -0.15) is 0 Å². The molecule has 0 radical (unpaired) electrons. The summed E-state index contributed by atoms with van der Waals surface area (Å²) in [6, 6.07) is 16.1. The fourth-order valence-electron chi connectivity index (χ4n) is 2.77. The van der Waals surface area contributed by atoms with Crippen LogP contribution >= 0.6 is 11.6 Å². The van der Waals surface area contributed by atoms with Crippen molar-refractivity contribution in [3.8, 4) is 0 Å². The molecular weight excluding hydrogens is 348 g/mol. The van der Waals surface area contributed by atoms with Crippen molar-refractivity contribution < 1.29 is 4.79 Å². The zero-order valence-corrected chi connectivity index (χ0v) is 15.4. The first kappa shape index (κ1) is 18.0. The Bertz CT molecular complexity index is 987. The Labute approximate surface area is 157 Å². The molecule has 0 aliphatic carbocycles. The molecule has 132 valence electrons. The quantitative estimate of drug-likeness (QED) is 0.743. The summed E-state index contributed by atoms with van der Waals surface area (Å²) >= 11 is 5.89. The highest BCUT2D eigenvalue weighted by Gasteiger charge is 2.11. The average molecular weight is 367 g/mol. The molecule has 0 fully saturated rings. The lowest BCUT2D eigenvalue weighted by Gasteiger charge is -2.12. The molecule has 1 amide bonds. The molecule has 0 aliphatic rings. The minimum atomic E-state index is -0.243. The molecule has 0 unspecified atom stereocenters. The summed E-state index contributed by atoms with van der Waals surface area (Å²) in [7, 11) is 0. The molecule has 5 heteroatoms. The maximum Gasteiger partial charge on any atom is 0.257 e. The summed E-state index contributed by atoms with van der Waals surface area (Å²) in [6.45, 7) is 4.27. The number of amides is 1. The van der Waals surface area contributed by atoms with E-state index < -0.39 is 0 Å². The molecule has 26 heavy (non-hydrogen) atoms. The van der Waals surface area contributed by atoms with Crippen LogP contribution in [0.1, 0.15) is 27.0 Å². The summed E-state index contributed by atoms with van der Waals surface area (Å²) in [6.07, 6.45) is 1.58. The number of nitrogens with one attached hydrogen (secondary N) is 1. The molecule has 3 aromatic rings. The van der Waals surface area contributed by atoms with Gasteiger partial charge >= 0.3 is 0 Å². The van der Waals surface area contributed by atoms with Crippen molar-refractivity contribution in [3.63, 3.8) is 0 Å². The molecule has 0 atom stereocenters. The molecule has 4 nitrogen and oxygen atoms in total. The molecule has 0 spiro atoms. The third-order valence-corrected chi connectivity index (χ3v) is 4.48. The van der Waals surface area contributed by atoms with Crippen molar-refractivity contribution in [1.29, 1.82) is 0 Å². The van der Waals surface area contributed by atoms with E-state index in [1.807, 2.05) is 44.2 Å². The lowest BCUT2D eigenvalue weighted by Crippen LogP contribution is -2.23. The van der Waals surface area contributed by atoms with Crippen LogP contribution in [0, 0.1) is 13.8 Å². The Morgan fingerprint density at radius 2 is 1.65 bits per heavy atom. The number of nitrogens with zero attached hydrogens (tertiary/aromatic N) is 1. The largest absolute Gasteiger partial charge is 0.321 e. The van der Waals surface area contributed by atoms with Crippen LogP contribution in [0.25, 0.3) is 0 Å². The Morgan fingerprint density at radius 1 is 1.00 bits per heavy atom. The highest BCUT2D eigenvalue weighted by Crippen LogP contribution is 2.20. The SMILES string of the molecule is Cc1cccc(C)c1NC(=O)c1ccc(=O)n(Cc2ccc(Cl)cc2)c1. The molecule has 1 N–H and O–H groups in total. The van der Waals surface area contributed by atoms with Crippen LogP contribution in [0.3, 0.4) is 0 Å². The fraction of sp³-hybridized carbons (Fsp3) is 0.143. The number of hydrogen-bond donors (Lipinski definition) is 1. The molecule has 0 bridgehead atoms. The predicted molar refractivity (Wildman–Crippen MR) is 105 cm³/mol. The predicted octanol–water partition coefficient (Wildman–Crippen LogP) is 4.42. The van der Waals surface area contributed by atoms with Crippen molar-refractivity contribution in [2.75, 3.05) is 5.32 Å². The third kappa shape index (κ3) is 4.03. The molecule has 2 aromatic carbocycles. The van der Waals surface area contributed by atoms with Crippen LogP contribution in [0.15, 0.2) is 65.6 Å². The van der Waals surface area contributed by atoms with E-state index in [2.05, 4.69) is 5.32 Å². The van der Waals surface area contributed by atoms with Crippen molar-refractivity contribution in [2.45, 2.75) is 20.4 Å². The second-order valence-electron chi connectivity index (χ2n) is 6.23. The van der Waals surface area contributed by atoms with Crippen LogP contribution in [0.2, 0.25) is 5.02 Å². The number of carbonyl (C=O) groups excluding carboxylic acids is 1. The maximum atomic E-state index is 12.6. The standard InChI is InChI=1S/C21H19ClN2O2/c1-14-4-3-5-15(2)20(14)23-21(26)17-8-11-19(25)24(13-17)12-16-6-9-18(22)10-7-16/h3-11,13H,12H2,1-2H3,(H,23,26). The Balaban J connectivity index is 1.85. The smallest absolute Gasteiger partial charge is 0.257 e. The number of aryl methyl sites for hydroxylation is 2. The highest BCUT2D eigenvalue weighted by molar-refractivity contribution is 6.30. The van der Waals surface area contributed by atoms with Crippen LogP contribution in [0.4, 0.5) is 5.69 Å². The van der Waals surface area contributed by atoms with Crippen molar-refractivity contribution in [3.05, 3.63) is 98.4 Å². The molecule has 3 rings (SSSR count). The van der Waals surface area contributed by atoms with Gasteiger partial charge in [0.15, 0.2) is 0 Å². The van der Waals surface area contributed by atoms with Crippen molar-refractivity contribution in [1.82, 2.24) is 4.57 Å². The van der Waals surface area contributed by atoms with Crippen LogP contribution < -0.4 is 10.9 Å². The Hall–Kier alpha value is -2.85. The second kappa shape index (κ2) is 7.58. The monoisotopic (exact) mass is 366 g/mol. The van der Waals surface area contributed by atoms with Crippen LogP contribution in [-0.2, 0) is 6.54 Å². The first-order chi connectivity index (χ1) is 12.4. The number of pyridine rings is 1. The van der Waals surface area contributed by atoms with E-state index in [0.29, 0.717) is 17.1 Å². The van der Waals surface area contributed by atoms with Gasteiger partial charge in [-0.25, -0.2) is 0 Å². The van der Waals surface area contributed by atoms with Gasteiger partial charge in [-0.05, 0) is 48.7 Å². The molecule has 0 saturated heterocycles. The van der Waals surface area contributed by atoms with E-state index in [4.69, 9.17) is 11.6 Å².